The number of phenolic OH excluding ortho intramolecular Hbond substituents is 2. The lowest BCUT2D eigenvalue weighted by Crippen LogP contribution is -2.37. The minimum atomic E-state index is -0.770. The maximum absolute atomic E-state index is 13.6. The van der Waals surface area contributed by atoms with E-state index in [0.29, 0.717) is 30.6 Å². The first-order valence-corrected chi connectivity index (χ1v) is 12.2. The van der Waals surface area contributed by atoms with Gasteiger partial charge in [0.15, 0.2) is 5.78 Å². The van der Waals surface area contributed by atoms with Gasteiger partial charge in [0.1, 0.15) is 23.0 Å². The topological polar surface area (TPSA) is 110 Å². The second-order valence-corrected chi connectivity index (χ2v) is 10.3. The van der Waals surface area contributed by atoms with Crippen molar-refractivity contribution in [1.82, 2.24) is 0 Å². The van der Waals surface area contributed by atoms with E-state index < -0.39 is 17.0 Å². The van der Waals surface area contributed by atoms with Crippen LogP contribution in [-0.4, -0.2) is 47.4 Å². The molecule has 1 saturated heterocycles. The first-order chi connectivity index (χ1) is 16.7. The van der Waals surface area contributed by atoms with Gasteiger partial charge in [0.25, 0.3) is 0 Å². The summed E-state index contributed by atoms with van der Waals surface area (Å²) in [6.45, 7) is 4.06. The number of aromatic hydroxyl groups is 2. The Labute approximate surface area is 204 Å². The molecular formula is C28H30O7. The highest BCUT2D eigenvalue weighted by molar-refractivity contribution is 6.31. The number of rotatable bonds is 4. The zero-order valence-corrected chi connectivity index (χ0v) is 20.3. The van der Waals surface area contributed by atoms with Crippen LogP contribution in [0.5, 0.6) is 17.2 Å². The molecule has 2 aromatic carbocycles. The number of carbonyl (C=O) groups is 3. The molecule has 2 N–H and O–H groups in total. The second-order valence-electron chi connectivity index (χ2n) is 10.3. The predicted molar refractivity (Wildman–Crippen MR) is 128 cm³/mol. The summed E-state index contributed by atoms with van der Waals surface area (Å²) in [7, 11) is 1.41. The Morgan fingerprint density at radius 3 is 2.51 bits per heavy atom. The largest absolute Gasteiger partial charge is 0.507 e. The van der Waals surface area contributed by atoms with Gasteiger partial charge in [-0.3, -0.25) is 14.4 Å². The summed E-state index contributed by atoms with van der Waals surface area (Å²) in [4.78, 5) is 39.8. The van der Waals surface area contributed by atoms with Crippen LogP contribution in [0.1, 0.15) is 94.8 Å². The molecule has 1 aliphatic heterocycles. The van der Waals surface area contributed by atoms with Crippen molar-refractivity contribution in [3.8, 4) is 17.2 Å². The molecule has 0 spiro atoms. The van der Waals surface area contributed by atoms with Crippen LogP contribution in [0.4, 0.5) is 0 Å². The van der Waals surface area contributed by atoms with E-state index in [9.17, 15) is 24.6 Å². The van der Waals surface area contributed by atoms with Gasteiger partial charge in [0.2, 0.25) is 5.78 Å². The van der Waals surface area contributed by atoms with E-state index >= 15 is 0 Å². The number of carbonyl (C=O) groups excluding carboxylic acids is 3. The van der Waals surface area contributed by atoms with Crippen LogP contribution >= 0.6 is 0 Å². The molecule has 184 valence electrons. The number of hydrogen-bond donors (Lipinski definition) is 2. The lowest BCUT2D eigenvalue weighted by Gasteiger charge is -2.41. The van der Waals surface area contributed by atoms with Gasteiger partial charge in [-0.2, -0.15) is 0 Å². The molecule has 0 radical (unpaired) electrons. The Morgan fingerprint density at radius 1 is 1.11 bits per heavy atom. The van der Waals surface area contributed by atoms with Crippen molar-refractivity contribution in [2.24, 2.45) is 5.41 Å². The predicted octanol–water partition coefficient (Wildman–Crippen LogP) is 4.47. The van der Waals surface area contributed by atoms with Gasteiger partial charge in [-0.25, -0.2) is 0 Å². The van der Waals surface area contributed by atoms with E-state index in [4.69, 9.17) is 9.47 Å². The minimum absolute atomic E-state index is 0.0215. The van der Waals surface area contributed by atoms with Gasteiger partial charge < -0.3 is 19.7 Å². The van der Waals surface area contributed by atoms with Gasteiger partial charge >= 0.3 is 0 Å². The van der Waals surface area contributed by atoms with E-state index in [1.807, 2.05) is 6.92 Å². The first kappa shape index (κ1) is 23.5. The van der Waals surface area contributed by atoms with E-state index in [2.05, 4.69) is 0 Å². The van der Waals surface area contributed by atoms with E-state index in [1.54, 1.807) is 12.1 Å². The maximum atomic E-state index is 13.6. The summed E-state index contributed by atoms with van der Waals surface area (Å²) in [6, 6.07) is 4.71. The van der Waals surface area contributed by atoms with Crippen molar-refractivity contribution in [3.05, 3.63) is 51.6 Å². The Morgan fingerprint density at radius 2 is 1.86 bits per heavy atom. The molecule has 7 nitrogen and oxygen atoms in total. The summed E-state index contributed by atoms with van der Waals surface area (Å²) in [5.74, 6) is -1.81. The monoisotopic (exact) mass is 478 g/mol. The molecule has 3 atom stereocenters. The quantitative estimate of drug-likeness (QED) is 0.533. The molecule has 0 saturated carbocycles. The number of hydrogen-bond acceptors (Lipinski definition) is 7. The Bertz CT molecular complexity index is 1250. The molecule has 1 fully saturated rings. The molecular weight excluding hydrogens is 448 g/mol. The minimum Gasteiger partial charge on any atom is -0.507 e. The third kappa shape index (κ3) is 3.56. The fourth-order valence-corrected chi connectivity index (χ4v) is 6.13. The van der Waals surface area contributed by atoms with Crippen molar-refractivity contribution in [2.45, 2.75) is 64.4 Å². The molecule has 0 unspecified atom stereocenters. The molecule has 5 rings (SSSR count). The molecule has 0 bridgehead atoms. The first-order valence-electron chi connectivity index (χ1n) is 12.2. The van der Waals surface area contributed by atoms with E-state index in [-0.39, 0.29) is 63.7 Å². The number of fused-ring (bicyclic) bond motifs is 3. The standard InChI is InChI=1S/C28H30O7/c1-14(29)28(2)12-15(11-16-7-4-5-10-35-16)20-18(13-28)25(31)22-23(26(20)32)27(33)21-17(24(22)30)8-6-9-19(21)34-3/h6,8-9,15-16,31-32H,4-5,7,10-13H2,1-3H3/t15-,16+,28-/m0/s1. The average Bonchev–Trinajstić information content (AvgIpc) is 2.84. The summed E-state index contributed by atoms with van der Waals surface area (Å²) in [5, 5.41) is 23.0. The van der Waals surface area contributed by atoms with Crippen LogP contribution in [0.25, 0.3) is 0 Å². The summed E-state index contributed by atoms with van der Waals surface area (Å²) < 4.78 is 11.3. The van der Waals surface area contributed by atoms with Crippen LogP contribution in [0.3, 0.4) is 0 Å². The summed E-state index contributed by atoms with van der Waals surface area (Å²) >= 11 is 0. The molecule has 2 aliphatic carbocycles. The fourth-order valence-electron chi connectivity index (χ4n) is 6.13. The van der Waals surface area contributed by atoms with E-state index in [1.165, 1.54) is 20.1 Å². The molecule has 1 heterocycles. The van der Waals surface area contributed by atoms with Crippen molar-refractivity contribution in [3.63, 3.8) is 0 Å². The van der Waals surface area contributed by atoms with Crippen molar-refractivity contribution in [2.75, 3.05) is 13.7 Å². The Hall–Kier alpha value is -3.19. The van der Waals surface area contributed by atoms with Gasteiger partial charge in [-0.1, -0.05) is 19.1 Å². The number of ether oxygens (including phenoxy) is 2. The third-order valence-corrected chi connectivity index (χ3v) is 8.11. The van der Waals surface area contributed by atoms with Crippen LogP contribution in [0.2, 0.25) is 0 Å². The van der Waals surface area contributed by atoms with Gasteiger partial charge in [0.05, 0.1) is 29.9 Å². The lowest BCUT2D eigenvalue weighted by molar-refractivity contribution is -0.126. The molecule has 0 amide bonds. The van der Waals surface area contributed by atoms with Crippen LogP contribution in [0, 0.1) is 5.41 Å². The summed E-state index contributed by atoms with van der Waals surface area (Å²) in [5.41, 5.74) is -0.135. The zero-order chi connectivity index (χ0) is 25.1. The highest BCUT2D eigenvalue weighted by Gasteiger charge is 2.47. The SMILES string of the molecule is COc1cccc2c1C(=O)c1c(O)c3c(c(O)c1C2=O)C[C@@](C)(C(C)=O)C[C@@H]3C[C@H]1CCCCO1. The molecule has 7 heteroatoms. The van der Waals surface area contributed by atoms with Crippen molar-refractivity contribution >= 4 is 17.3 Å². The molecule has 35 heavy (non-hydrogen) atoms. The molecule has 2 aromatic rings. The highest BCUT2D eigenvalue weighted by atomic mass is 16.5. The van der Waals surface area contributed by atoms with Gasteiger partial charge in [-0.05, 0) is 57.4 Å². The fraction of sp³-hybridized carbons (Fsp3) is 0.464. The van der Waals surface area contributed by atoms with Crippen LogP contribution < -0.4 is 4.74 Å². The highest BCUT2D eigenvalue weighted by Crippen LogP contribution is 2.55. The summed E-state index contributed by atoms with van der Waals surface area (Å²) in [6.07, 6.45) is 4.08. The number of Topliss-reactive ketones (excluding diaryl/α,β-unsaturated/α-hetero) is 1. The lowest BCUT2D eigenvalue weighted by atomic mass is 9.63. The second kappa shape index (κ2) is 8.48. The molecule has 3 aliphatic rings. The number of phenols is 2. The van der Waals surface area contributed by atoms with Crippen molar-refractivity contribution in [1.29, 1.82) is 0 Å². The van der Waals surface area contributed by atoms with Gasteiger partial charge in [-0.15, -0.1) is 0 Å². The Kier molecular flexibility index (Phi) is 5.71. The van der Waals surface area contributed by atoms with Crippen LogP contribution in [-0.2, 0) is 16.0 Å². The Balaban J connectivity index is 1.72. The normalized spacial score (nSPS) is 25.5. The number of ketones is 3. The smallest absolute Gasteiger partial charge is 0.202 e. The zero-order valence-electron chi connectivity index (χ0n) is 20.3. The maximum Gasteiger partial charge on any atom is 0.202 e. The average molecular weight is 479 g/mol. The molecule has 0 aromatic heterocycles. The van der Waals surface area contributed by atoms with Crippen LogP contribution in [0.15, 0.2) is 18.2 Å². The van der Waals surface area contributed by atoms with E-state index in [0.717, 1.165) is 19.3 Å². The van der Waals surface area contributed by atoms with Gasteiger partial charge in [0, 0.05) is 28.7 Å². The number of benzene rings is 2. The van der Waals surface area contributed by atoms with Crippen molar-refractivity contribution < 1.29 is 34.1 Å². The third-order valence-electron chi connectivity index (χ3n) is 8.11. The number of methoxy groups -OCH3 is 1.